The van der Waals surface area contributed by atoms with E-state index in [9.17, 15) is 55.1 Å². The van der Waals surface area contributed by atoms with Gasteiger partial charge in [0.2, 0.25) is 11.9 Å². The normalized spacial score (nSPS) is 10.4. The number of aromatic nitrogens is 14. The van der Waals surface area contributed by atoms with E-state index in [2.05, 4.69) is 86.2 Å². The summed E-state index contributed by atoms with van der Waals surface area (Å²) in [5.41, 5.74) is 11.5. The van der Waals surface area contributed by atoms with Gasteiger partial charge < -0.3 is 71.9 Å². The van der Waals surface area contributed by atoms with E-state index in [1.54, 1.807) is 60.7 Å². The Labute approximate surface area is 583 Å². The van der Waals surface area contributed by atoms with Gasteiger partial charge in [-0.25, -0.2) is 34.1 Å². The number of nitrogen functional groups attached to an aromatic ring is 2. The number of nitrogens with two attached hydrogens (primary N) is 2. The number of azo groups is 2. The van der Waals surface area contributed by atoms with Crippen LogP contribution in [-0.4, -0.2) is 92.9 Å². The van der Waals surface area contributed by atoms with E-state index in [0.717, 1.165) is 45.8 Å². The summed E-state index contributed by atoms with van der Waals surface area (Å²) in [6.07, 6.45) is 2.35. The third-order valence-electron chi connectivity index (χ3n) is 11.9. The first-order chi connectivity index (χ1) is 40.9. The first kappa shape index (κ1) is 73.7. The van der Waals surface area contributed by atoms with Crippen LogP contribution in [0.5, 0.6) is 12.0 Å². The predicted octanol–water partition coefficient (Wildman–Crippen LogP) is -17.5. The minimum absolute atomic E-state index is 0. The molecule has 0 aliphatic rings. The van der Waals surface area contributed by atoms with E-state index in [1.165, 1.54) is 21.8 Å². The largest absolute Gasteiger partial charge is 1.00 e. The van der Waals surface area contributed by atoms with Gasteiger partial charge in [-0.05, 0) is 102 Å². The summed E-state index contributed by atoms with van der Waals surface area (Å²) in [7, 11) is 0. The van der Waals surface area contributed by atoms with Gasteiger partial charge in [-0.2, -0.15) is 45.0 Å². The number of hydrogen-bond donors (Lipinski definition) is 4. The Kier molecular flexibility index (Phi) is 26.0. The number of aryl methyl sites for hydroxylation is 2. The molecule has 4 aromatic carbocycles. The maximum atomic E-state index is 13.1. The monoisotopic (exact) mass is 1180 g/mol. The van der Waals surface area contributed by atoms with Gasteiger partial charge in [0, 0.05) is 11.4 Å². The predicted molar refractivity (Wildman–Crippen MR) is 277 cm³/mol. The first-order valence-electron chi connectivity index (χ1n) is 24.1. The fourth-order valence-corrected chi connectivity index (χ4v) is 8.08. The molecule has 420 valence electrons. The molecule has 10 aromatic rings. The smallest absolute Gasteiger partial charge is 0.844 e. The number of aromatic carboxylic acids is 4. The van der Waals surface area contributed by atoms with Crippen LogP contribution in [0.1, 0.15) is 64.8 Å². The Morgan fingerprint density at radius 3 is 1.31 bits per heavy atom. The molecular weight excluding hydrogens is 1150 g/mol. The summed E-state index contributed by atoms with van der Waals surface area (Å²) in [6, 6.07) is 22.5. The summed E-state index contributed by atoms with van der Waals surface area (Å²) in [4.78, 5) is 74.1. The van der Waals surface area contributed by atoms with Gasteiger partial charge >= 0.3 is 113 Å². The van der Waals surface area contributed by atoms with E-state index in [0.29, 0.717) is 11.4 Å². The molecular formula is C51H30Li6N24O10. The molecule has 0 unspecified atom stereocenters. The average molecular weight is 1180 g/mol. The van der Waals surface area contributed by atoms with E-state index in [1.807, 2.05) is 6.07 Å². The van der Waals surface area contributed by atoms with Crippen molar-refractivity contribution in [3.63, 3.8) is 0 Å². The third-order valence-corrected chi connectivity index (χ3v) is 11.9. The molecule has 0 aliphatic heterocycles. The van der Waals surface area contributed by atoms with E-state index < -0.39 is 81.9 Å². The van der Waals surface area contributed by atoms with Crippen LogP contribution in [-0.2, 0) is 12.8 Å². The van der Waals surface area contributed by atoms with Crippen LogP contribution in [0.25, 0.3) is 28.1 Å². The minimum Gasteiger partial charge on any atom is -0.844 e. The summed E-state index contributed by atoms with van der Waals surface area (Å²) in [6.45, 7) is 7.83. The van der Waals surface area contributed by atoms with Crippen molar-refractivity contribution in [1.82, 2.24) is 69.0 Å². The standard InChI is InChI=1S/C51H36N24O10.6Li/c1-55-35-23-57-73(32-11-6-3-7-12-32)41(35)69-67-37-34(71-75(39(37)54)49-61-47(63-51(85)65-49)59-30-19-26(44(80)81)16-27(20-30)45(82)83)14-8-13-33-36(66-68-40-28(21-52)22-56-72(40)31-9-4-2-5-10-31)38(53)74(70-33)48-60-46(62-50(84)64-48)58-29-17-24(42(76)77)15-25(18-29)43(78)79;;;;;;/h2-7,9-12,15-20,22-23H,8,13-14,53-54H2,(H,76,77)(H,78,79)(H,80,81)(H,82,83)(H2,58,60,62,64,84)(H2,59,61,63,65,85);;;;;;/q;6*+1/p-6. The van der Waals surface area contributed by atoms with Gasteiger partial charge in [-0.3, -0.25) is 0 Å². The third kappa shape index (κ3) is 16.5. The minimum atomic E-state index is -1.73. The number of anilines is 6. The molecule has 0 spiro atoms. The van der Waals surface area contributed by atoms with Gasteiger partial charge in [0.1, 0.15) is 11.6 Å². The zero-order chi connectivity index (χ0) is 60.1. The van der Waals surface area contributed by atoms with Crippen LogP contribution in [0.2, 0.25) is 0 Å². The number of carbonyl (C=O) groups is 4. The van der Waals surface area contributed by atoms with Crippen LogP contribution < -0.4 is 166 Å². The molecule has 0 saturated heterocycles. The van der Waals surface area contributed by atoms with Crippen molar-refractivity contribution < 1.29 is 163 Å². The van der Waals surface area contributed by atoms with Crippen molar-refractivity contribution in [2.75, 3.05) is 22.1 Å². The van der Waals surface area contributed by atoms with Crippen LogP contribution in [0.3, 0.4) is 0 Å². The van der Waals surface area contributed by atoms with Crippen molar-refractivity contribution in [3.05, 3.63) is 160 Å². The Hall–Kier alpha value is -9.82. The summed E-state index contributed by atoms with van der Waals surface area (Å²) >= 11 is 0. The molecule has 6 aromatic heterocycles. The molecule has 0 bridgehead atoms. The van der Waals surface area contributed by atoms with Crippen LogP contribution in [0.15, 0.2) is 130 Å². The number of nitriles is 1. The molecule has 0 aliphatic carbocycles. The SMILES string of the molecule is [C-]#[N+]c1cnn(-c2ccccc2)c1N=Nc1c(CCCc2nn(-c3nc([O-])nc(Nc4cc(C(=O)[O-])cc(C(=O)[O-])c4)n3)c(N)c2N=Nc2c(C#N)cnn2-c2ccccc2)nn(-c2nc([O-])nc(Nc3cc(C(=O)[O-])cc(C(=O)[O-])c3)n2)c1N.[Li+].[Li+].[Li+].[Li+].[Li+].[Li+]. The second-order valence-corrected chi connectivity index (χ2v) is 17.4. The van der Waals surface area contributed by atoms with Gasteiger partial charge in [-0.1, -0.05) is 36.4 Å². The molecule has 6 N–H and O–H groups in total. The first-order valence-corrected chi connectivity index (χ1v) is 24.1. The van der Waals surface area contributed by atoms with E-state index in [-0.39, 0.29) is 201 Å². The van der Waals surface area contributed by atoms with Crippen LogP contribution in [0.4, 0.5) is 63.6 Å². The van der Waals surface area contributed by atoms with Crippen LogP contribution in [0, 0.1) is 17.9 Å². The molecule has 40 heteroatoms. The Morgan fingerprint density at radius 1 is 0.538 bits per heavy atom. The molecule has 0 amide bonds. The van der Waals surface area contributed by atoms with Crippen LogP contribution >= 0.6 is 0 Å². The molecule has 6 heterocycles. The molecule has 91 heavy (non-hydrogen) atoms. The Balaban J connectivity index is 0.00000295. The summed E-state index contributed by atoms with van der Waals surface area (Å²) in [5.74, 6) is -9.75. The topological polar surface area (TPSA) is 509 Å². The number of nitrogens with one attached hydrogen (secondary N) is 2. The molecule has 10 rings (SSSR count). The number of carboxylic acid groups (broad SMARTS) is 4. The van der Waals surface area contributed by atoms with E-state index in [4.69, 9.17) is 18.0 Å². The van der Waals surface area contributed by atoms with E-state index >= 15 is 0 Å². The number of nitrogens with zero attached hydrogens (tertiary/aromatic N) is 20. The van der Waals surface area contributed by atoms with Gasteiger partial charge in [0.05, 0.1) is 77.6 Å². The van der Waals surface area contributed by atoms with Crippen molar-refractivity contribution in [2.24, 2.45) is 20.5 Å². The maximum absolute atomic E-state index is 13.1. The van der Waals surface area contributed by atoms with Gasteiger partial charge in [-0.15, -0.1) is 20.5 Å². The number of carbonyl (C=O) groups excluding carboxylic acids is 4. The number of para-hydroxylation sites is 2. The number of benzene rings is 4. The van der Waals surface area contributed by atoms with Crippen molar-refractivity contribution in [2.45, 2.75) is 19.3 Å². The fourth-order valence-electron chi connectivity index (χ4n) is 8.08. The molecule has 0 atom stereocenters. The van der Waals surface area contributed by atoms with Crippen molar-refractivity contribution in [1.29, 1.82) is 5.26 Å². The zero-order valence-corrected chi connectivity index (χ0v) is 48.7. The number of carboxylic acids is 4. The van der Waals surface area contributed by atoms with Crippen molar-refractivity contribution in [3.8, 4) is 41.4 Å². The zero-order valence-electron chi connectivity index (χ0n) is 48.7. The molecule has 0 fully saturated rings. The van der Waals surface area contributed by atoms with Gasteiger partial charge in [0.15, 0.2) is 34.6 Å². The number of hydrogen-bond acceptors (Lipinski definition) is 29. The summed E-state index contributed by atoms with van der Waals surface area (Å²) < 4.78 is 4.49. The van der Waals surface area contributed by atoms with Gasteiger partial charge in [0.25, 0.3) is 17.6 Å². The quantitative estimate of drug-likeness (QED) is 0.0313. The fraction of sp³-hybridized carbons (Fsp3) is 0.0588. The molecule has 0 saturated carbocycles. The summed E-state index contributed by atoms with van der Waals surface area (Å²) in [5, 5.41) is 124. The molecule has 0 radical (unpaired) electrons. The average Bonchev–Trinajstić information content (AvgIpc) is 1.75. The molecule has 34 nitrogen and oxygen atoms in total. The maximum Gasteiger partial charge on any atom is 1.00 e. The Morgan fingerprint density at radius 2 is 0.923 bits per heavy atom. The Bertz CT molecular complexity index is 4150. The second kappa shape index (κ2) is 32.1. The number of rotatable bonds is 20. The second-order valence-electron chi connectivity index (χ2n) is 17.4. The van der Waals surface area contributed by atoms with Crippen molar-refractivity contribution >= 4 is 87.5 Å².